The molecule has 1 atom stereocenters. The summed E-state index contributed by atoms with van der Waals surface area (Å²) in [7, 11) is 1.84. The van der Waals surface area contributed by atoms with Crippen molar-refractivity contribution >= 4 is 35.2 Å². The molecule has 7 heteroatoms. The number of carbonyl (C=O) groups excluding carboxylic acids is 1. The van der Waals surface area contributed by atoms with Crippen LogP contribution in [0.25, 0.3) is 4.91 Å². The predicted octanol–water partition coefficient (Wildman–Crippen LogP) is 5.94. The van der Waals surface area contributed by atoms with Gasteiger partial charge in [0, 0.05) is 25.9 Å². The molecule has 0 spiro atoms. The number of rotatable bonds is 12. The van der Waals surface area contributed by atoms with E-state index in [1.165, 1.54) is 0 Å². The number of hydrogen-bond donors (Lipinski definition) is 1. The molecule has 1 aromatic rings. The third kappa shape index (κ3) is 10.2. The highest BCUT2D eigenvalue weighted by Gasteiger charge is 2.19. The third-order valence-corrected chi connectivity index (χ3v) is 4.98. The average molecular weight is 426 g/mol. The quantitative estimate of drug-likeness (QED) is 0.332. The number of aromatic nitrogens is 2. The van der Waals surface area contributed by atoms with E-state index in [9.17, 15) is 4.79 Å². The first kappa shape index (κ1) is 26.5. The van der Waals surface area contributed by atoms with Gasteiger partial charge in [-0.25, -0.2) is 0 Å². The molecule has 0 aliphatic rings. The Balaban J connectivity index is 0.00000352. The molecular formula is C21H35N3O2S2. The van der Waals surface area contributed by atoms with Crippen molar-refractivity contribution in [1.29, 1.82) is 0 Å². The van der Waals surface area contributed by atoms with Gasteiger partial charge in [-0.2, -0.15) is 4.98 Å². The Kier molecular flexibility index (Phi) is 15.6. The minimum Gasteiger partial charge on any atom is -0.346 e. The lowest BCUT2D eigenvalue weighted by molar-refractivity contribution is -0.129. The van der Waals surface area contributed by atoms with Gasteiger partial charge in [0.25, 0.3) is 0 Å². The monoisotopic (exact) mass is 425 g/mol. The fourth-order valence-corrected chi connectivity index (χ4v) is 2.96. The van der Waals surface area contributed by atoms with Gasteiger partial charge in [0.05, 0.1) is 4.91 Å². The summed E-state index contributed by atoms with van der Waals surface area (Å²) in [4.78, 5) is 19.0. The molecule has 0 aromatic carbocycles. The van der Waals surface area contributed by atoms with Crippen molar-refractivity contribution < 1.29 is 9.32 Å². The molecule has 0 N–H and O–H groups in total. The summed E-state index contributed by atoms with van der Waals surface area (Å²) in [6, 6.07) is 0. The van der Waals surface area contributed by atoms with Crippen LogP contribution in [0.15, 0.2) is 34.7 Å². The average Bonchev–Trinajstić information content (AvgIpc) is 3.20. The number of allylic oxidation sites excluding steroid dienone is 3. The van der Waals surface area contributed by atoms with Crippen LogP contribution in [0.1, 0.15) is 71.0 Å². The zero-order valence-electron chi connectivity index (χ0n) is 17.9. The molecular weight excluding hydrogens is 390 g/mol. The second-order valence-corrected chi connectivity index (χ2v) is 7.48. The minimum atomic E-state index is 0.122. The molecule has 1 unspecified atom stereocenters. The summed E-state index contributed by atoms with van der Waals surface area (Å²) < 4.78 is 5.38. The number of carbonyl (C=O) groups is 1. The van der Waals surface area contributed by atoms with Crippen LogP contribution >= 0.6 is 24.4 Å². The number of nitrogens with zero attached hydrogens (tertiary/aromatic N) is 3. The van der Waals surface area contributed by atoms with Crippen molar-refractivity contribution in [2.75, 3.05) is 19.3 Å². The van der Waals surface area contributed by atoms with Gasteiger partial charge in [-0.3, -0.25) is 4.79 Å². The van der Waals surface area contributed by atoms with Gasteiger partial charge in [0.15, 0.2) is 0 Å². The number of thioether (sulfide) groups is 1. The zero-order chi connectivity index (χ0) is 21.4. The number of thiol groups is 1. The Morgan fingerprint density at radius 2 is 2.11 bits per heavy atom. The third-order valence-electron chi connectivity index (χ3n) is 3.91. The van der Waals surface area contributed by atoms with Crippen molar-refractivity contribution in [3.05, 3.63) is 41.9 Å². The van der Waals surface area contributed by atoms with Gasteiger partial charge in [0.1, 0.15) is 0 Å². The maximum absolute atomic E-state index is 12.2. The summed E-state index contributed by atoms with van der Waals surface area (Å²) in [5, 5.41) is 6.02. The predicted molar refractivity (Wildman–Crippen MR) is 125 cm³/mol. The molecule has 0 aliphatic heterocycles. The first-order chi connectivity index (χ1) is 13.5. The standard InChI is InChI=1S/C19H29N3O2S2.C2H6/c1-5-10-16(25)18-20-19(24-21-18)15(6-2)12-13-22(4)17(23)11-8-9-14-26-7-3;1-2/h5,9-10,14-15,25H,1,6-8,11-13H2,2-4H3;1-2H3/b14-9-,16-10-;. The molecule has 0 fully saturated rings. The van der Waals surface area contributed by atoms with Crippen molar-refractivity contribution in [1.82, 2.24) is 15.0 Å². The van der Waals surface area contributed by atoms with Crippen LogP contribution in [0.3, 0.4) is 0 Å². The van der Waals surface area contributed by atoms with Crippen LogP contribution < -0.4 is 0 Å². The van der Waals surface area contributed by atoms with E-state index in [4.69, 9.17) is 4.52 Å². The molecule has 0 saturated carbocycles. The van der Waals surface area contributed by atoms with Crippen LogP contribution in [-0.4, -0.2) is 40.3 Å². The maximum atomic E-state index is 12.2. The Bertz CT molecular complexity index is 627. The Morgan fingerprint density at radius 3 is 2.71 bits per heavy atom. The normalized spacial score (nSPS) is 12.4. The lowest BCUT2D eigenvalue weighted by atomic mass is 10.0. The van der Waals surface area contributed by atoms with Crippen LogP contribution in [-0.2, 0) is 4.79 Å². The SMILES string of the molecule is C=C/C=C(\S)c1noc(C(CC)CCN(C)C(=O)CC/C=C\SCC)n1.CC. The molecule has 5 nitrogen and oxygen atoms in total. The molecule has 28 heavy (non-hydrogen) atoms. The van der Waals surface area contributed by atoms with Crippen LogP contribution in [0.5, 0.6) is 0 Å². The second-order valence-electron chi connectivity index (χ2n) is 5.82. The molecule has 158 valence electrons. The first-order valence-electron chi connectivity index (χ1n) is 9.89. The summed E-state index contributed by atoms with van der Waals surface area (Å²) >= 11 is 6.07. The lowest BCUT2D eigenvalue weighted by Gasteiger charge is -2.19. The van der Waals surface area contributed by atoms with Gasteiger partial charge < -0.3 is 9.42 Å². The van der Waals surface area contributed by atoms with E-state index >= 15 is 0 Å². The minimum absolute atomic E-state index is 0.122. The lowest BCUT2D eigenvalue weighted by Crippen LogP contribution is -2.28. The molecule has 1 rings (SSSR count). The van der Waals surface area contributed by atoms with E-state index < -0.39 is 0 Å². The number of hydrogen-bond acceptors (Lipinski definition) is 6. The van der Waals surface area contributed by atoms with Gasteiger partial charge in [-0.1, -0.05) is 51.6 Å². The van der Waals surface area contributed by atoms with Crippen molar-refractivity contribution in [3.8, 4) is 0 Å². The van der Waals surface area contributed by atoms with Gasteiger partial charge >= 0.3 is 0 Å². The maximum Gasteiger partial charge on any atom is 0.230 e. The highest BCUT2D eigenvalue weighted by molar-refractivity contribution is 8.02. The summed E-state index contributed by atoms with van der Waals surface area (Å²) in [6.45, 7) is 12.5. The van der Waals surface area contributed by atoms with E-state index in [2.05, 4.69) is 54.7 Å². The van der Waals surface area contributed by atoms with E-state index in [-0.39, 0.29) is 11.8 Å². The van der Waals surface area contributed by atoms with E-state index in [1.807, 2.05) is 20.9 Å². The van der Waals surface area contributed by atoms with E-state index in [0.29, 0.717) is 29.6 Å². The van der Waals surface area contributed by atoms with Crippen LogP contribution in [0, 0.1) is 0 Å². The molecule has 1 aromatic heterocycles. The van der Waals surface area contributed by atoms with Gasteiger partial charge in [-0.05, 0) is 36.5 Å². The van der Waals surface area contributed by atoms with Crippen LogP contribution in [0.2, 0.25) is 0 Å². The van der Waals surface area contributed by atoms with Crippen LogP contribution in [0.4, 0.5) is 0 Å². The Labute approximate surface area is 180 Å². The van der Waals surface area contributed by atoms with Gasteiger partial charge in [0.2, 0.25) is 17.6 Å². The van der Waals surface area contributed by atoms with E-state index in [1.54, 1.807) is 28.8 Å². The summed E-state index contributed by atoms with van der Waals surface area (Å²) in [5.74, 6) is 2.38. The van der Waals surface area contributed by atoms with Crippen molar-refractivity contribution in [3.63, 3.8) is 0 Å². The molecule has 0 aliphatic carbocycles. The zero-order valence-corrected chi connectivity index (χ0v) is 19.6. The molecule has 1 amide bonds. The second kappa shape index (κ2) is 16.5. The highest BCUT2D eigenvalue weighted by atomic mass is 32.2. The van der Waals surface area contributed by atoms with Crippen molar-refractivity contribution in [2.24, 2.45) is 0 Å². The van der Waals surface area contributed by atoms with Gasteiger partial charge in [-0.15, -0.1) is 24.4 Å². The first-order valence-corrected chi connectivity index (χ1v) is 11.4. The summed E-state index contributed by atoms with van der Waals surface area (Å²) in [6.07, 6.45) is 8.38. The fraction of sp³-hybridized carbons (Fsp3) is 0.571. The molecule has 0 saturated heterocycles. The highest BCUT2D eigenvalue weighted by Crippen LogP contribution is 2.24. The van der Waals surface area contributed by atoms with Crippen molar-refractivity contribution in [2.45, 2.75) is 59.3 Å². The molecule has 0 bridgehead atoms. The topological polar surface area (TPSA) is 59.2 Å². The molecule has 0 radical (unpaired) electrons. The Hall–Kier alpha value is -1.47. The summed E-state index contributed by atoms with van der Waals surface area (Å²) in [5.41, 5.74) is 0. The largest absolute Gasteiger partial charge is 0.346 e. The smallest absolute Gasteiger partial charge is 0.230 e. The number of amides is 1. The fourth-order valence-electron chi connectivity index (χ4n) is 2.30. The molecule has 1 heterocycles. The van der Waals surface area contributed by atoms with E-state index in [0.717, 1.165) is 25.0 Å². The Morgan fingerprint density at radius 1 is 1.39 bits per heavy atom.